The van der Waals surface area contributed by atoms with Crippen molar-refractivity contribution in [1.29, 1.82) is 0 Å². The molecule has 0 saturated carbocycles. The number of thiophene rings is 2. The first kappa shape index (κ1) is 36.1. The molecule has 7 heteroatoms. The minimum atomic E-state index is 0.562. The summed E-state index contributed by atoms with van der Waals surface area (Å²) in [5.74, 6) is 1.79. The maximum absolute atomic E-state index is 6.66. The molecule has 5 nitrogen and oxygen atoms in total. The van der Waals surface area contributed by atoms with E-state index in [1.807, 2.05) is 12.1 Å². The normalized spacial score (nSPS) is 12.2. The predicted molar refractivity (Wildman–Crippen MR) is 279 cm³/mol. The molecular weight excluding hydrogens is 845 g/mol. The van der Waals surface area contributed by atoms with Gasteiger partial charge in [0.05, 0.1) is 16.6 Å². The maximum Gasteiger partial charge on any atom is 0.167 e. The SMILES string of the molecule is c1ccc2c(c1)ccc1c2c2c3ccccc3ccc2n1-c1cc(-c2nc(-c3cccc4c3oc3ccccc34)nc(-c3cccc4c3sc3ccccc34)n2)c2sc3ccccc3c2c1. The van der Waals surface area contributed by atoms with Crippen molar-refractivity contribution in [2.45, 2.75) is 0 Å². The second-order valence-corrected chi connectivity index (χ2v) is 19.1. The van der Waals surface area contributed by atoms with E-state index in [4.69, 9.17) is 19.4 Å². The number of rotatable bonds is 4. The quantitative estimate of drug-likeness (QED) is 0.177. The molecule has 5 heterocycles. The Hall–Kier alpha value is -8.23. The van der Waals surface area contributed by atoms with Gasteiger partial charge in [-0.15, -0.1) is 22.7 Å². The molecule has 0 amide bonds. The molecule has 306 valence electrons. The number of hydrogen-bond acceptors (Lipinski definition) is 6. The molecule has 0 spiro atoms. The van der Waals surface area contributed by atoms with E-state index in [0.29, 0.717) is 17.5 Å². The summed E-state index contributed by atoms with van der Waals surface area (Å²) in [6.07, 6.45) is 0. The van der Waals surface area contributed by atoms with Crippen LogP contribution in [-0.2, 0) is 0 Å². The number of hydrogen-bond donors (Lipinski definition) is 0. The van der Waals surface area contributed by atoms with E-state index < -0.39 is 0 Å². The van der Waals surface area contributed by atoms with Gasteiger partial charge in [0.2, 0.25) is 0 Å². The zero-order chi connectivity index (χ0) is 43.0. The topological polar surface area (TPSA) is 56.7 Å². The summed E-state index contributed by atoms with van der Waals surface area (Å²) >= 11 is 3.57. The van der Waals surface area contributed by atoms with Gasteiger partial charge in [0.1, 0.15) is 11.2 Å². The van der Waals surface area contributed by atoms with Gasteiger partial charge in [-0.05, 0) is 76.1 Å². The Morgan fingerprint density at radius 1 is 0.364 bits per heavy atom. The van der Waals surface area contributed by atoms with Crippen LogP contribution in [0.1, 0.15) is 0 Å². The molecule has 0 aliphatic heterocycles. The van der Waals surface area contributed by atoms with Crippen LogP contribution in [0.3, 0.4) is 0 Å². The molecule has 0 aliphatic carbocycles. The molecular formula is C59H32N4OS2. The van der Waals surface area contributed by atoms with Crippen LogP contribution in [0.15, 0.2) is 199 Å². The summed E-state index contributed by atoms with van der Waals surface area (Å²) in [6.45, 7) is 0. The smallest absolute Gasteiger partial charge is 0.167 e. The number of nitrogens with zero attached hydrogens (tertiary/aromatic N) is 4. The Labute approximate surface area is 384 Å². The number of benzene rings is 10. The zero-order valence-electron chi connectivity index (χ0n) is 35.0. The van der Waals surface area contributed by atoms with E-state index in [2.05, 4.69) is 187 Å². The number of furan rings is 1. The fourth-order valence-corrected chi connectivity index (χ4v) is 12.9. The van der Waals surface area contributed by atoms with E-state index in [1.165, 1.54) is 57.9 Å². The summed E-state index contributed by atoms with van der Waals surface area (Å²) in [6, 6.07) is 69.6. The highest BCUT2D eigenvalue weighted by Crippen LogP contribution is 2.46. The van der Waals surface area contributed by atoms with Crippen LogP contribution in [0.2, 0.25) is 0 Å². The lowest BCUT2D eigenvalue weighted by atomic mass is 10.00. The van der Waals surface area contributed by atoms with Crippen molar-refractivity contribution < 1.29 is 4.42 Å². The van der Waals surface area contributed by atoms with E-state index in [9.17, 15) is 0 Å². The van der Waals surface area contributed by atoms with Gasteiger partial charge < -0.3 is 8.98 Å². The molecule has 0 fully saturated rings. The van der Waals surface area contributed by atoms with E-state index in [0.717, 1.165) is 70.1 Å². The second-order valence-electron chi connectivity index (χ2n) is 17.0. The Kier molecular flexibility index (Phi) is 7.47. The van der Waals surface area contributed by atoms with Gasteiger partial charge in [0.25, 0.3) is 0 Å². The van der Waals surface area contributed by atoms with E-state index in [1.54, 1.807) is 22.7 Å². The lowest BCUT2D eigenvalue weighted by Gasteiger charge is -2.14. The van der Waals surface area contributed by atoms with Crippen LogP contribution in [0.25, 0.3) is 145 Å². The number of aromatic nitrogens is 4. The second kappa shape index (κ2) is 13.6. The molecule has 0 atom stereocenters. The van der Waals surface area contributed by atoms with Crippen molar-refractivity contribution in [3.05, 3.63) is 194 Å². The minimum Gasteiger partial charge on any atom is -0.455 e. The van der Waals surface area contributed by atoms with Crippen molar-refractivity contribution in [3.63, 3.8) is 0 Å². The fraction of sp³-hybridized carbons (Fsp3) is 0. The highest BCUT2D eigenvalue weighted by molar-refractivity contribution is 7.26. The molecule has 5 aromatic heterocycles. The molecule has 15 aromatic rings. The van der Waals surface area contributed by atoms with Gasteiger partial charge in [-0.25, -0.2) is 15.0 Å². The Morgan fingerprint density at radius 2 is 0.864 bits per heavy atom. The third-order valence-electron chi connectivity index (χ3n) is 13.4. The molecule has 15 rings (SSSR count). The van der Waals surface area contributed by atoms with E-state index >= 15 is 0 Å². The first-order valence-electron chi connectivity index (χ1n) is 22.1. The predicted octanol–water partition coefficient (Wildman–Crippen LogP) is 16.9. The molecule has 0 saturated heterocycles. The minimum absolute atomic E-state index is 0.562. The highest BCUT2D eigenvalue weighted by Gasteiger charge is 2.24. The van der Waals surface area contributed by atoms with Crippen LogP contribution in [0.4, 0.5) is 0 Å². The van der Waals surface area contributed by atoms with Crippen LogP contribution in [0, 0.1) is 0 Å². The van der Waals surface area contributed by atoms with Crippen molar-refractivity contribution in [2.24, 2.45) is 0 Å². The van der Waals surface area contributed by atoms with Crippen LogP contribution in [-0.4, -0.2) is 19.5 Å². The summed E-state index contributed by atoms with van der Waals surface area (Å²) in [4.78, 5) is 16.5. The van der Waals surface area contributed by atoms with Crippen LogP contribution < -0.4 is 0 Å². The Balaban J connectivity index is 1.07. The summed E-state index contributed by atoms with van der Waals surface area (Å²) in [5, 5.41) is 14.3. The average molecular weight is 877 g/mol. The Bertz CT molecular complexity index is 4330. The molecule has 0 N–H and O–H groups in total. The molecule has 0 bridgehead atoms. The van der Waals surface area contributed by atoms with E-state index in [-0.39, 0.29) is 0 Å². The summed E-state index contributed by atoms with van der Waals surface area (Å²) in [5.41, 5.74) is 7.67. The molecule has 10 aromatic carbocycles. The van der Waals surface area contributed by atoms with Gasteiger partial charge >= 0.3 is 0 Å². The van der Waals surface area contributed by atoms with Crippen molar-refractivity contribution in [1.82, 2.24) is 19.5 Å². The largest absolute Gasteiger partial charge is 0.455 e. The van der Waals surface area contributed by atoms with Gasteiger partial charge in [-0.3, -0.25) is 0 Å². The van der Waals surface area contributed by atoms with Gasteiger partial charge in [0, 0.05) is 78.7 Å². The summed E-state index contributed by atoms with van der Waals surface area (Å²) in [7, 11) is 0. The zero-order valence-corrected chi connectivity index (χ0v) is 36.6. The monoisotopic (exact) mass is 876 g/mol. The fourth-order valence-electron chi connectivity index (χ4n) is 10.5. The first-order valence-corrected chi connectivity index (χ1v) is 23.7. The number of para-hydroxylation sites is 2. The van der Waals surface area contributed by atoms with Gasteiger partial charge in [0.15, 0.2) is 17.5 Å². The molecule has 0 aliphatic rings. The van der Waals surface area contributed by atoms with Crippen molar-refractivity contribution in [3.8, 4) is 39.9 Å². The molecule has 0 unspecified atom stereocenters. The lowest BCUT2D eigenvalue weighted by molar-refractivity contribution is 0.669. The summed E-state index contributed by atoms with van der Waals surface area (Å²) < 4.78 is 13.8. The average Bonchev–Trinajstić information content (AvgIpc) is 4.15. The van der Waals surface area contributed by atoms with Gasteiger partial charge in [-0.1, -0.05) is 140 Å². The highest BCUT2D eigenvalue weighted by atomic mass is 32.1. The first-order chi connectivity index (χ1) is 32.7. The lowest BCUT2D eigenvalue weighted by Crippen LogP contribution is -2.02. The molecule has 0 radical (unpaired) electrons. The third-order valence-corrected chi connectivity index (χ3v) is 15.9. The standard InChI is InChI=1S/C59H32N4OS2/c1-3-15-36-33(13-1)27-29-47-52(36)53-37-16-4-2-14-34(37)28-30-48(53)63(47)35-31-45-40-19-7-10-26-51(40)66-56(45)46(32-35)59-61-57(43-22-11-20-41-38-17-5-8-24-49(38)64-54(41)43)60-58(62-59)44-23-12-21-42-39-18-6-9-25-50(39)65-55(42)44/h1-32H. The van der Waals surface area contributed by atoms with Gasteiger partial charge in [-0.2, -0.15) is 0 Å². The Morgan fingerprint density at radius 3 is 1.55 bits per heavy atom. The van der Waals surface area contributed by atoms with Crippen molar-refractivity contribution >= 4 is 128 Å². The molecule has 66 heavy (non-hydrogen) atoms. The maximum atomic E-state index is 6.66. The third kappa shape index (κ3) is 5.12. The van der Waals surface area contributed by atoms with Crippen LogP contribution in [0.5, 0.6) is 0 Å². The van der Waals surface area contributed by atoms with Crippen LogP contribution >= 0.6 is 22.7 Å². The number of fused-ring (bicyclic) bond motifs is 16. The van der Waals surface area contributed by atoms with Crippen molar-refractivity contribution in [2.75, 3.05) is 0 Å².